The van der Waals surface area contributed by atoms with Gasteiger partial charge >= 0.3 is 10.1 Å². The lowest BCUT2D eigenvalue weighted by Crippen LogP contribution is -2.15. The fourth-order valence-corrected chi connectivity index (χ4v) is 3.47. The molecular weight excluding hydrogens is 374 g/mol. The number of methoxy groups -OCH3 is 2. The molecule has 0 aromatic heterocycles. The summed E-state index contributed by atoms with van der Waals surface area (Å²) in [5.74, 6) is -0.824. The predicted molar refractivity (Wildman–Crippen MR) is 94.3 cm³/mol. The SMILES string of the molecule is COc1cc(OC)cc(C2OC(N)=C(OS(=O)(=O)c3ccccc3)C2=O)c1. The molecule has 27 heavy (non-hydrogen) atoms. The van der Waals surface area contributed by atoms with Crippen molar-refractivity contribution >= 4 is 15.9 Å². The van der Waals surface area contributed by atoms with Crippen LogP contribution in [0.5, 0.6) is 11.5 Å². The average molecular weight is 391 g/mol. The Labute approximate surface area is 156 Å². The van der Waals surface area contributed by atoms with Gasteiger partial charge in [0, 0.05) is 11.6 Å². The summed E-state index contributed by atoms with van der Waals surface area (Å²) in [7, 11) is -1.31. The quantitative estimate of drug-likeness (QED) is 0.743. The topological polar surface area (TPSA) is 114 Å². The lowest BCUT2D eigenvalue weighted by atomic mass is 10.1. The predicted octanol–water partition coefficient (Wildman–Crippen LogP) is 1.88. The minimum Gasteiger partial charge on any atom is -0.497 e. The molecular formula is C18H17NO7S. The Morgan fingerprint density at radius 3 is 2.15 bits per heavy atom. The zero-order valence-electron chi connectivity index (χ0n) is 14.5. The van der Waals surface area contributed by atoms with E-state index < -0.39 is 33.6 Å². The zero-order chi connectivity index (χ0) is 19.6. The van der Waals surface area contributed by atoms with Gasteiger partial charge in [0.2, 0.25) is 17.4 Å². The molecule has 0 amide bonds. The third-order valence-corrected chi connectivity index (χ3v) is 5.07. The van der Waals surface area contributed by atoms with Gasteiger partial charge in [-0.1, -0.05) is 18.2 Å². The lowest BCUT2D eigenvalue weighted by molar-refractivity contribution is -0.123. The van der Waals surface area contributed by atoms with E-state index in [2.05, 4.69) is 0 Å². The van der Waals surface area contributed by atoms with Crippen molar-refractivity contribution in [1.29, 1.82) is 0 Å². The molecule has 1 heterocycles. The smallest absolute Gasteiger partial charge is 0.339 e. The number of carbonyl (C=O) groups is 1. The number of Topliss-reactive ketones (excluding diaryl/α,β-unsaturated/α-hetero) is 1. The number of ketones is 1. The standard InChI is InChI=1S/C18H17NO7S/c1-23-12-8-11(9-13(10-12)24-2)16-15(20)17(18(19)25-16)26-27(21,22)14-6-4-3-5-7-14/h3-10,16H,19H2,1-2H3. The average Bonchev–Trinajstić information content (AvgIpc) is 2.96. The molecule has 2 aromatic rings. The van der Waals surface area contributed by atoms with Crippen LogP contribution in [0.4, 0.5) is 0 Å². The van der Waals surface area contributed by atoms with Crippen LogP contribution in [0.3, 0.4) is 0 Å². The summed E-state index contributed by atoms with van der Waals surface area (Å²) in [4.78, 5) is 12.6. The number of ether oxygens (including phenoxy) is 3. The van der Waals surface area contributed by atoms with Crippen LogP contribution in [0.1, 0.15) is 11.7 Å². The molecule has 0 fully saturated rings. The molecule has 9 heteroatoms. The molecule has 0 bridgehead atoms. The minimum atomic E-state index is -4.23. The van der Waals surface area contributed by atoms with E-state index in [0.717, 1.165) is 0 Å². The highest BCUT2D eigenvalue weighted by Gasteiger charge is 2.40. The Morgan fingerprint density at radius 2 is 1.59 bits per heavy atom. The summed E-state index contributed by atoms with van der Waals surface area (Å²) < 4.78 is 45.4. The van der Waals surface area contributed by atoms with Gasteiger partial charge in [-0.15, -0.1) is 0 Å². The molecule has 0 aliphatic carbocycles. The zero-order valence-corrected chi connectivity index (χ0v) is 15.4. The van der Waals surface area contributed by atoms with Crippen molar-refractivity contribution < 1.29 is 31.6 Å². The maximum Gasteiger partial charge on any atom is 0.339 e. The second kappa shape index (κ2) is 7.20. The Hall–Kier alpha value is -3.20. The second-order valence-corrected chi connectivity index (χ2v) is 7.10. The van der Waals surface area contributed by atoms with Gasteiger partial charge in [-0.25, -0.2) is 0 Å². The van der Waals surface area contributed by atoms with Crippen molar-refractivity contribution in [3.8, 4) is 11.5 Å². The number of hydrogen-bond acceptors (Lipinski definition) is 8. The van der Waals surface area contributed by atoms with Crippen molar-refractivity contribution in [2.45, 2.75) is 11.0 Å². The first-order valence-electron chi connectivity index (χ1n) is 7.79. The summed E-state index contributed by atoms with van der Waals surface area (Å²) in [5.41, 5.74) is 6.09. The highest BCUT2D eigenvalue weighted by Crippen LogP contribution is 2.36. The Morgan fingerprint density at radius 1 is 1.00 bits per heavy atom. The van der Waals surface area contributed by atoms with Crippen LogP contribution in [-0.2, 0) is 23.8 Å². The molecule has 2 N–H and O–H groups in total. The third-order valence-electron chi connectivity index (χ3n) is 3.83. The van der Waals surface area contributed by atoms with E-state index in [1.807, 2.05) is 0 Å². The van der Waals surface area contributed by atoms with E-state index >= 15 is 0 Å². The van der Waals surface area contributed by atoms with Crippen LogP contribution in [0.2, 0.25) is 0 Å². The second-order valence-electron chi connectivity index (χ2n) is 5.55. The van der Waals surface area contributed by atoms with Crippen molar-refractivity contribution in [1.82, 2.24) is 0 Å². The Bertz CT molecular complexity index is 977. The molecule has 1 aliphatic heterocycles. The molecule has 0 saturated carbocycles. The summed E-state index contributed by atoms with van der Waals surface area (Å²) in [6, 6.07) is 12.2. The molecule has 0 saturated heterocycles. The van der Waals surface area contributed by atoms with E-state index in [-0.39, 0.29) is 4.90 Å². The van der Waals surface area contributed by atoms with Gasteiger partial charge in [-0.2, -0.15) is 8.42 Å². The van der Waals surface area contributed by atoms with Gasteiger partial charge in [0.25, 0.3) is 0 Å². The maximum absolute atomic E-state index is 12.7. The van der Waals surface area contributed by atoms with E-state index in [0.29, 0.717) is 17.1 Å². The molecule has 3 rings (SSSR count). The fourth-order valence-electron chi connectivity index (χ4n) is 2.50. The summed E-state index contributed by atoms with van der Waals surface area (Å²) in [5, 5.41) is 0. The number of nitrogens with two attached hydrogens (primary N) is 1. The Balaban J connectivity index is 1.89. The lowest BCUT2D eigenvalue weighted by Gasteiger charge is -2.13. The first-order chi connectivity index (χ1) is 12.9. The van der Waals surface area contributed by atoms with Gasteiger partial charge in [-0.3, -0.25) is 4.79 Å². The molecule has 8 nitrogen and oxygen atoms in total. The number of hydrogen-bond donors (Lipinski definition) is 1. The van der Waals surface area contributed by atoms with Gasteiger partial charge in [-0.05, 0) is 24.3 Å². The van der Waals surface area contributed by atoms with Crippen LogP contribution < -0.4 is 15.2 Å². The molecule has 142 valence electrons. The van der Waals surface area contributed by atoms with Crippen molar-refractivity contribution in [2.24, 2.45) is 5.73 Å². The molecule has 1 atom stereocenters. The van der Waals surface area contributed by atoms with E-state index in [1.165, 1.54) is 38.5 Å². The molecule has 2 aromatic carbocycles. The first-order valence-corrected chi connectivity index (χ1v) is 9.19. The Kier molecular flexibility index (Phi) is 4.95. The highest BCUT2D eigenvalue weighted by molar-refractivity contribution is 7.86. The van der Waals surface area contributed by atoms with E-state index in [9.17, 15) is 13.2 Å². The largest absolute Gasteiger partial charge is 0.497 e. The van der Waals surface area contributed by atoms with Crippen LogP contribution in [-0.4, -0.2) is 28.4 Å². The van der Waals surface area contributed by atoms with Crippen LogP contribution in [0.15, 0.2) is 65.1 Å². The summed E-state index contributed by atoms with van der Waals surface area (Å²) in [6.07, 6.45) is -1.17. The van der Waals surface area contributed by atoms with E-state index in [4.69, 9.17) is 24.1 Å². The van der Waals surface area contributed by atoms with Crippen molar-refractivity contribution in [3.05, 3.63) is 65.7 Å². The molecule has 0 radical (unpaired) electrons. The number of carbonyl (C=O) groups excluding carboxylic acids is 1. The normalized spacial score (nSPS) is 16.8. The van der Waals surface area contributed by atoms with Crippen LogP contribution in [0.25, 0.3) is 0 Å². The summed E-state index contributed by atoms with van der Waals surface area (Å²) in [6.45, 7) is 0. The number of benzene rings is 2. The van der Waals surface area contributed by atoms with Crippen LogP contribution in [0, 0.1) is 0 Å². The van der Waals surface area contributed by atoms with Gasteiger partial charge in [0.05, 0.1) is 14.2 Å². The van der Waals surface area contributed by atoms with E-state index in [1.54, 1.807) is 24.3 Å². The molecule has 1 aliphatic rings. The van der Waals surface area contributed by atoms with Gasteiger partial charge in [0.1, 0.15) is 16.4 Å². The summed E-state index contributed by atoms with van der Waals surface area (Å²) >= 11 is 0. The minimum absolute atomic E-state index is 0.107. The van der Waals surface area contributed by atoms with Gasteiger partial charge in [0.15, 0.2) is 6.10 Å². The fraction of sp³-hybridized carbons (Fsp3) is 0.167. The highest BCUT2D eigenvalue weighted by atomic mass is 32.2. The monoisotopic (exact) mass is 391 g/mol. The van der Waals surface area contributed by atoms with Crippen molar-refractivity contribution in [3.63, 3.8) is 0 Å². The molecule has 1 unspecified atom stereocenters. The van der Waals surface area contributed by atoms with Crippen molar-refractivity contribution in [2.75, 3.05) is 14.2 Å². The first kappa shape index (κ1) is 18.6. The van der Waals surface area contributed by atoms with Crippen LogP contribution >= 0.6 is 0 Å². The molecule has 0 spiro atoms. The number of rotatable bonds is 6. The van der Waals surface area contributed by atoms with Gasteiger partial charge < -0.3 is 24.1 Å². The third kappa shape index (κ3) is 3.68. The maximum atomic E-state index is 12.7.